The molecule has 8 nitrogen and oxygen atoms in total. The summed E-state index contributed by atoms with van der Waals surface area (Å²) < 4.78 is 7.63. The van der Waals surface area contributed by atoms with Gasteiger partial charge in [0.25, 0.3) is 5.91 Å². The summed E-state index contributed by atoms with van der Waals surface area (Å²) in [4.78, 5) is 32.1. The molecule has 1 aromatic heterocycles. The monoisotopic (exact) mass is 636 g/mol. The minimum absolute atomic E-state index is 0.0561. The van der Waals surface area contributed by atoms with E-state index in [2.05, 4.69) is 75.3 Å². The fourth-order valence-corrected chi connectivity index (χ4v) is 8.62. The number of aliphatic imine (C=N–C) groups is 1. The maximum absolute atomic E-state index is 14.6. The topological polar surface area (TPSA) is 97.0 Å². The second-order valence-corrected chi connectivity index (χ2v) is 14.8. The lowest BCUT2D eigenvalue weighted by Crippen LogP contribution is -2.51. The summed E-state index contributed by atoms with van der Waals surface area (Å²) in [6, 6.07) is 15.8. The van der Waals surface area contributed by atoms with Gasteiger partial charge < -0.3 is 14.7 Å². The first-order chi connectivity index (χ1) is 22.8. The molecule has 0 atom stereocenters. The van der Waals surface area contributed by atoms with Gasteiger partial charge in [0.1, 0.15) is 12.4 Å². The van der Waals surface area contributed by atoms with Gasteiger partial charge >= 0.3 is 0 Å². The van der Waals surface area contributed by atoms with Gasteiger partial charge in [-0.2, -0.15) is 5.10 Å². The molecule has 1 heterocycles. The van der Waals surface area contributed by atoms with Crippen molar-refractivity contribution in [3.8, 4) is 16.9 Å². The van der Waals surface area contributed by atoms with E-state index in [1.54, 1.807) is 13.3 Å². The molecule has 2 bridgehead atoms. The number of anilines is 1. The van der Waals surface area contributed by atoms with Crippen LogP contribution in [0.5, 0.6) is 5.75 Å². The number of aliphatic hydroxyl groups excluding tert-OH is 1. The Hall–Kier alpha value is -3.78. The molecule has 5 saturated carbocycles. The van der Waals surface area contributed by atoms with Gasteiger partial charge in [0.05, 0.1) is 19.3 Å². The van der Waals surface area contributed by atoms with Crippen LogP contribution in [0.15, 0.2) is 59.9 Å². The van der Waals surface area contributed by atoms with E-state index < -0.39 is 12.5 Å². The quantitative estimate of drug-likeness (QED) is 0.237. The Kier molecular flexibility index (Phi) is 8.81. The number of hydrogen-bond donors (Lipinski definition) is 1. The number of hydrogen-bond acceptors (Lipinski definition) is 5. The fourth-order valence-electron chi connectivity index (χ4n) is 8.62. The molecule has 2 amide bonds. The molecule has 47 heavy (non-hydrogen) atoms. The van der Waals surface area contributed by atoms with Gasteiger partial charge in [0.15, 0.2) is 0 Å². The average molecular weight is 637 g/mol. The number of carbonyl (C=O) groups excluding carboxylic acids is 2. The molecule has 5 aliphatic rings. The first kappa shape index (κ1) is 31.8. The lowest BCUT2D eigenvalue weighted by atomic mass is 9.51. The van der Waals surface area contributed by atoms with Gasteiger partial charge in [-0.25, -0.2) is 4.99 Å². The number of amides is 2. The third kappa shape index (κ3) is 6.54. The maximum Gasteiger partial charge on any atom is 0.271 e. The predicted molar refractivity (Wildman–Crippen MR) is 184 cm³/mol. The summed E-state index contributed by atoms with van der Waals surface area (Å²) in [7, 11) is 1.74. The Morgan fingerprint density at radius 2 is 1.74 bits per heavy atom. The molecule has 1 N–H and O–H groups in total. The van der Waals surface area contributed by atoms with Gasteiger partial charge in [0.2, 0.25) is 5.91 Å². The summed E-state index contributed by atoms with van der Waals surface area (Å²) in [5, 5.41) is 13.7. The number of fused-ring (bicyclic) bond motifs is 3. The molecule has 0 radical (unpaired) electrons. The van der Waals surface area contributed by atoms with E-state index in [9.17, 15) is 9.59 Å². The Balaban J connectivity index is 1.12. The first-order valence-corrected chi connectivity index (χ1v) is 17.6. The van der Waals surface area contributed by atoms with E-state index in [-0.39, 0.29) is 28.6 Å². The van der Waals surface area contributed by atoms with E-state index in [1.807, 2.05) is 6.20 Å². The SMILES string of the molecule is COc1ccc(C23CCC(CN(C(=O)C4CCC(C=NC(=O)CO)CC4)c4cccc(-c5cnn(C6CC6)c5)c4)(CC2)CC3)cc1C. The molecular weight excluding hydrogens is 588 g/mol. The van der Waals surface area contributed by atoms with Crippen LogP contribution in [0.25, 0.3) is 11.1 Å². The first-order valence-electron chi connectivity index (χ1n) is 17.6. The number of aryl methyl sites for hydroxylation is 1. The van der Waals surface area contributed by atoms with Crippen LogP contribution in [0.2, 0.25) is 0 Å². The van der Waals surface area contributed by atoms with Crippen LogP contribution in [0.4, 0.5) is 5.69 Å². The van der Waals surface area contributed by atoms with Crippen molar-refractivity contribution >= 4 is 23.7 Å². The standard InChI is InChI=1S/C39H48N4O4/c1-27-20-32(10-13-35(27)47-2)39-17-14-38(15-18-39,16-19-39)26-42(37(46)29-8-6-28(7-9-29)22-40-36(45)25-44)34-5-3-4-30(21-34)31-23-41-43(24-31)33-11-12-33/h3-5,10,13,20-24,28-29,33,44H,6-9,11-12,14-19,25-26H2,1-2H3. The van der Waals surface area contributed by atoms with Gasteiger partial charge in [-0.05, 0) is 136 Å². The fraction of sp³-hybridized carbons (Fsp3) is 0.538. The van der Waals surface area contributed by atoms with E-state index >= 15 is 0 Å². The molecule has 8 rings (SSSR count). The number of ether oxygens (including phenoxy) is 1. The Morgan fingerprint density at radius 1 is 1.00 bits per heavy atom. The highest BCUT2D eigenvalue weighted by Crippen LogP contribution is 2.58. The average Bonchev–Trinajstić information content (AvgIpc) is 3.86. The number of aliphatic hydroxyl groups is 1. The number of methoxy groups -OCH3 is 1. The Labute approximate surface area is 278 Å². The van der Waals surface area contributed by atoms with Crippen molar-refractivity contribution in [1.82, 2.24) is 9.78 Å². The van der Waals surface area contributed by atoms with Gasteiger partial charge in [-0.3, -0.25) is 14.3 Å². The summed E-state index contributed by atoms with van der Waals surface area (Å²) in [6.07, 6.45) is 18.2. The number of nitrogens with zero attached hydrogens (tertiary/aromatic N) is 4. The normalized spacial score (nSPS) is 27.2. The lowest BCUT2D eigenvalue weighted by Gasteiger charge is -2.55. The molecule has 0 saturated heterocycles. The summed E-state index contributed by atoms with van der Waals surface area (Å²) in [5.41, 5.74) is 6.13. The van der Waals surface area contributed by atoms with Gasteiger partial charge in [-0.15, -0.1) is 0 Å². The zero-order valence-corrected chi connectivity index (χ0v) is 27.9. The zero-order chi connectivity index (χ0) is 32.6. The highest BCUT2D eigenvalue weighted by Gasteiger charge is 2.50. The van der Waals surface area contributed by atoms with E-state index in [1.165, 1.54) is 24.0 Å². The van der Waals surface area contributed by atoms with E-state index in [4.69, 9.17) is 9.84 Å². The highest BCUT2D eigenvalue weighted by molar-refractivity contribution is 5.96. The minimum Gasteiger partial charge on any atom is -0.496 e. The van der Waals surface area contributed by atoms with E-state index in [0.29, 0.717) is 6.04 Å². The van der Waals surface area contributed by atoms with Crippen molar-refractivity contribution in [3.63, 3.8) is 0 Å². The van der Waals surface area contributed by atoms with E-state index in [0.717, 1.165) is 93.3 Å². The van der Waals surface area contributed by atoms with Crippen LogP contribution >= 0.6 is 0 Å². The third-order valence-electron chi connectivity index (χ3n) is 11.9. The molecule has 3 aromatic rings. The highest BCUT2D eigenvalue weighted by atomic mass is 16.5. The minimum atomic E-state index is -0.567. The smallest absolute Gasteiger partial charge is 0.271 e. The number of benzene rings is 2. The third-order valence-corrected chi connectivity index (χ3v) is 11.9. The molecule has 0 aliphatic heterocycles. The number of carbonyl (C=O) groups is 2. The zero-order valence-electron chi connectivity index (χ0n) is 27.9. The Bertz CT molecular complexity index is 1620. The van der Waals surface area contributed by atoms with Crippen molar-refractivity contribution in [3.05, 3.63) is 66.0 Å². The lowest BCUT2D eigenvalue weighted by molar-refractivity contribution is -0.124. The molecule has 2 aromatic carbocycles. The van der Waals surface area contributed by atoms with Crippen LogP contribution in [0, 0.1) is 24.2 Å². The molecule has 5 aliphatic carbocycles. The van der Waals surface area contributed by atoms with Gasteiger partial charge in [-0.1, -0.05) is 24.3 Å². The molecule has 0 unspecified atom stereocenters. The van der Waals surface area contributed by atoms with Crippen molar-refractivity contribution in [2.45, 2.75) is 95.4 Å². The summed E-state index contributed by atoms with van der Waals surface area (Å²) in [6.45, 7) is 2.32. The van der Waals surface area contributed by atoms with Crippen LogP contribution in [-0.2, 0) is 15.0 Å². The second-order valence-electron chi connectivity index (χ2n) is 14.8. The van der Waals surface area contributed by atoms with Crippen molar-refractivity contribution in [2.24, 2.45) is 22.2 Å². The summed E-state index contributed by atoms with van der Waals surface area (Å²) in [5.74, 6) is 0.767. The van der Waals surface area contributed by atoms with Crippen LogP contribution in [0.1, 0.15) is 94.2 Å². The van der Waals surface area contributed by atoms with Gasteiger partial charge in [0, 0.05) is 36.1 Å². The summed E-state index contributed by atoms with van der Waals surface area (Å²) >= 11 is 0. The van der Waals surface area contributed by atoms with Crippen LogP contribution < -0.4 is 9.64 Å². The number of rotatable bonds is 10. The number of aromatic nitrogens is 2. The molecule has 248 valence electrons. The second kappa shape index (κ2) is 13.0. The van der Waals surface area contributed by atoms with Crippen LogP contribution in [-0.4, -0.2) is 53.2 Å². The maximum atomic E-state index is 14.6. The van der Waals surface area contributed by atoms with Crippen molar-refractivity contribution in [2.75, 3.05) is 25.2 Å². The van der Waals surface area contributed by atoms with Crippen molar-refractivity contribution in [1.29, 1.82) is 0 Å². The molecule has 5 fully saturated rings. The predicted octanol–water partition coefficient (Wildman–Crippen LogP) is 7.22. The molecule has 8 heteroatoms. The van der Waals surface area contributed by atoms with Crippen LogP contribution in [0.3, 0.4) is 0 Å². The Morgan fingerprint density at radius 3 is 2.40 bits per heavy atom. The largest absolute Gasteiger partial charge is 0.496 e. The molecular formula is C39H48N4O4. The van der Waals surface area contributed by atoms with Crippen molar-refractivity contribution < 1.29 is 19.4 Å². The molecule has 0 spiro atoms.